The van der Waals surface area contributed by atoms with Gasteiger partial charge in [-0.25, -0.2) is 0 Å². The van der Waals surface area contributed by atoms with Gasteiger partial charge in [-0.3, -0.25) is 4.79 Å². The molecule has 0 bridgehead atoms. The fourth-order valence-corrected chi connectivity index (χ4v) is 5.09. The van der Waals surface area contributed by atoms with Crippen molar-refractivity contribution in [3.63, 3.8) is 0 Å². The molecule has 180 valence electrons. The number of nitrogens with one attached hydrogen (secondary N) is 1. The molecule has 2 heterocycles. The van der Waals surface area contributed by atoms with E-state index >= 15 is 0 Å². The van der Waals surface area contributed by atoms with Crippen molar-refractivity contribution in [2.24, 2.45) is 7.05 Å². The lowest BCUT2D eigenvalue weighted by Crippen LogP contribution is -2.34. The molecule has 1 N–H and O–H groups in total. The summed E-state index contributed by atoms with van der Waals surface area (Å²) in [6.45, 7) is 3.90. The van der Waals surface area contributed by atoms with Gasteiger partial charge < -0.3 is 19.5 Å². The third kappa shape index (κ3) is 5.57. The lowest BCUT2D eigenvalue weighted by atomic mass is 9.88. The molecule has 4 aromatic rings. The molecule has 1 aliphatic heterocycles. The van der Waals surface area contributed by atoms with Gasteiger partial charge in [-0.2, -0.15) is 0 Å². The summed E-state index contributed by atoms with van der Waals surface area (Å²) in [4.78, 5) is 15.5. The third-order valence-electron chi connectivity index (χ3n) is 6.88. The van der Waals surface area contributed by atoms with Crippen LogP contribution < -0.4 is 10.1 Å². The van der Waals surface area contributed by atoms with Crippen LogP contribution in [0.4, 0.5) is 0 Å². The summed E-state index contributed by atoms with van der Waals surface area (Å²) in [5, 5.41) is 4.35. The molecule has 1 atom stereocenters. The molecule has 5 heteroatoms. The van der Waals surface area contributed by atoms with E-state index in [4.69, 9.17) is 4.74 Å². The van der Waals surface area contributed by atoms with E-state index in [0.29, 0.717) is 13.0 Å². The van der Waals surface area contributed by atoms with Crippen LogP contribution in [0.2, 0.25) is 0 Å². The van der Waals surface area contributed by atoms with Gasteiger partial charge in [-0.1, -0.05) is 48.5 Å². The minimum absolute atomic E-state index is 0.0767. The standard InChI is InChI=1S/C30H33N3O2/c1-32-22-28(26-14-5-6-15-29(26)32)27(21-30(34)31-16-19-33-17-7-8-18-33)23-10-9-13-25(20-23)35-24-11-3-2-4-12-24/h2-6,9-15,20,22,27H,7-8,16-19,21H2,1H3,(H,31,34). The van der Waals surface area contributed by atoms with Gasteiger partial charge in [0.2, 0.25) is 5.91 Å². The Labute approximate surface area is 207 Å². The monoisotopic (exact) mass is 467 g/mol. The van der Waals surface area contributed by atoms with E-state index in [0.717, 1.165) is 42.3 Å². The molecule has 35 heavy (non-hydrogen) atoms. The zero-order valence-corrected chi connectivity index (χ0v) is 20.3. The van der Waals surface area contributed by atoms with E-state index in [2.05, 4.69) is 64.4 Å². The largest absolute Gasteiger partial charge is 0.457 e. The summed E-state index contributed by atoms with van der Waals surface area (Å²) in [6.07, 6.45) is 5.08. The molecule has 1 aliphatic rings. The average molecular weight is 468 g/mol. The molecule has 0 aliphatic carbocycles. The second-order valence-electron chi connectivity index (χ2n) is 9.36. The summed E-state index contributed by atoms with van der Waals surface area (Å²) in [7, 11) is 2.06. The van der Waals surface area contributed by atoms with Crippen LogP contribution in [0.3, 0.4) is 0 Å². The predicted molar refractivity (Wildman–Crippen MR) is 141 cm³/mol. The van der Waals surface area contributed by atoms with E-state index in [1.165, 1.54) is 23.7 Å². The number of hydrogen-bond donors (Lipinski definition) is 1. The molecule has 3 aromatic carbocycles. The number of ether oxygens (including phenoxy) is 1. The number of hydrogen-bond acceptors (Lipinski definition) is 3. The molecule has 1 amide bonds. The fraction of sp³-hybridized carbons (Fsp3) is 0.300. The van der Waals surface area contributed by atoms with Crippen LogP contribution in [0.1, 0.15) is 36.3 Å². The molecule has 1 unspecified atom stereocenters. The first-order valence-electron chi connectivity index (χ1n) is 12.5. The highest BCUT2D eigenvalue weighted by Gasteiger charge is 2.23. The molecular weight excluding hydrogens is 434 g/mol. The molecule has 1 aromatic heterocycles. The predicted octanol–water partition coefficient (Wildman–Crippen LogP) is 5.70. The van der Waals surface area contributed by atoms with Crippen LogP contribution in [-0.2, 0) is 11.8 Å². The van der Waals surface area contributed by atoms with Gasteiger partial charge in [0, 0.05) is 49.6 Å². The third-order valence-corrected chi connectivity index (χ3v) is 6.88. The van der Waals surface area contributed by atoms with Crippen LogP contribution in [0.25, 0.3) is 10.9 Å². The maximum absolute atomic E-state index is 13.1. The summed E-state index contributed by atoms with van der Waals surface area (Å²) >= 11 is 0. The number of para-hydroxylation sites is 2. The van der Waals surface area contributed by atoms with Crippen molar-refractivity contribution < 1.29 is 9.53 Å². The number of carbonyl (C=O) groups excluding carboxylic acids is 1. The fourth-order valence-electron chi connectivity index (χ4n) is 5.09. The number of rotatable bonds is 9. The van der Waals surface area contributed by atoms with Gasteiger partial charge in [-0.15, -0.1) is 0 Å². The SMILES string of the molecule is Cn1cc(C(CC(=O)NCCN2CCCC2)c2cccc(Oc3ccccc3)c2)c2ccccc21. The van der Waals surface area contributed by atoms with Gasteiger partial charge >= 0.3 is 0 Å². The quantitative estimate of drug-likeness (QED) is 0.343. The average Bonchev–Trinajstić information content (AvgIpc) is 3.52. The van der Waals surface area contributed by atoms with Crippen LogP contribution in [0, 0.1) is 0 Å². The second-order valence-corrected chi connectivity index (χ2v) is 9.36. The summed E-state index contributed by atoms with van der Waals surface area (Å²) in [5.41, 5.74) is 3.40. The molecule has 5 nitrogen and oxygen atoms in total. The Morgan fingerprint density at radius 2 is 1.69 bits per heavy atom. The van der Waals surface area contributed by atoms with Gasteiger partial charge in [0.05, 0.1) is 0 Å². The van der Waals surface area contributed by atoms with E-state index in [-0.39, 0.29) is 11.8 Å². The molecule has 1 saturated heterocycles. The van der Waals surface area contributed by atoms with Crippen molar-refractivity contribution in [3.8, 4) is 11.5 Å². The Bertz CT molecular complexity index is 1280. The highest BCUT2D eigenvalue weighted by atomic mass is 16.5. The van der Waals surface area contributed by atoms with Crippen LogP contribution in [-0.4, -0.2) is 41.6 Å². The maximum atomic E-state index is 13.1. The van der Waals surface area contributed by atoms with E-state index in [9.17, 15) is 4.79 Å². The topological polar surface area (TPSA) is 46.5 Å². The highest BCUT2D eigenvalue weighted by Crippen LogP contribution is 2.36. The lowest BCUT2D eigenvalue weighted by molar-refractivity contribution is -0.121. The molecular formula is C30H33N3O2. The smallest absolute Gasteiger partial charge is 0.220 e. The van der Waals surface area contributed by atoms with Crippen molar-refractivity contribution >= 4 is 16.8 Å². The first-order valence-corrected chi connectivity index (χ1v) is 12.5. The molecule has 0 spiro atoms. The van der Waals surface area contributed by atoms with E-state index < -0.39 is 0 Å². The first-order chi connectivity index (χ1) is 17.2. The number of aromatic nitrogens is 1. The summed E-state index contributed by atoms with van der Waals surface area (Å²) in [5.74, 6) is 1.57. The zero-order valence-electron chi connectivity index (χ0n) is 20.3. The van der Waals surface area contributed by atoms with Crippen LogP contribution >= 0.6 is 0 Å². The number of fused-ring (bicyclic) bond motifs is 1. The highest BCUT2D eigenvalue weighted by molar-refractivity contribution is 5.86. The Kier molecular flexibility index (Phi) is 7.15. The molecule has 5 rings (SSSR count). The minimum Gasteiger partial charge on any atom is -0.457 e. The Hall–Kier alpha value is -3.57. The van der Waals surface area contributed by atoms with E-state index in [1.54, 1.807) is 0 Å². The Balaban J connectivity index is 1.41. The second kappa shape index (κ2) is 10.8. The minimum atomic E-state index is -0.0767. The number of likely N-dealkylation sites (tertiary alicyclic amines) is 1. The van der Waals surface area contributed by atoms with Crippen LogP contribution in [0.5, 0.6) is 11.5 Å². The summed E-state index contributed by atoms with van der Waals surface area (Å²) < 4.78 is 8.26. The molecule has 0 radical (unpaired) electrons. The van der Waals surface area contributed by atoms with Crippen molar-refractivity contribution in [2.75, 3.05) is 26.2 Å². The molecule has 1 fully saturated rings. The van der Waals surface area contributed by atoms with E-state index in [1.807, 2.05) is 42.5 Å². The number of carbonyl (C=O) groups is 1. The number of benzene rings is 3. The van der Waals surface area contributed by atoms with Crippen molar-refractivity contribution in [1.82, 2.24) is 14.8 Å². The van der Waals surface area contributed by atoms with Crippen LogP contribution in [0.15, 0.2) is 85.1 Å². The Morgan fingerprint density at radius 1 is 0.943 bits per heavy atom. The number of nitrogens with zero attached hydrogens (tertiary/aromatic N) is 2. The summed E-state index contributed by atoms with van der Waals surface area (Å²) in [6, 6.07) is 26.3. The van der Waals surface area contributed by atoms with Gasteiger partial charge in [0.15, 0.2) is 0 Å². The van der Waals surface area contributed by atoms with Crippen molar-refractivity contribution in [3.05, 3.63) is 96.2 Å². The lowest BCUT2D eigenvalue weighted by Gasteiger charge is -2.19. The zero-order chi connectivity index (χ0) is 24.0. The van der Waals surface area contributed by atoms with Crippen molar-refractivity contribution in [2.45, 2.75) is 25.2 Å². The normalized spacial score (nSPS) is 14.8. The Morgan fingerprint density at radius 3 is 2.51 bits per heavy atom. The van der Waals surface area contributed by atoms with Gasteiger partial charge in [0.25, 0.3) is 0 Å². The first kappa shape index (κ1) is 23.2. The number of aryl methyl sites for hydroxylation is 1. The van der Waals surface area contributed by atoms with Gasteiger partial charge in [0.1, 0.15) is 11.5 Å². The van der Waals surface area contributed by atoms with Crippen molar-refractivity contribution in [1.29, 1.82) is 0 Å². The molecule has 0 saturated carbocycles. The van der Waals surface area contributed by atoms with Gasteiger partial charge in [-0.05, 0) is 67.4 Å². The number of amides is 1. The maximum Gasteiger partial charge on any atom is 0.220 e.